The normalized spacial score (nSPS) is 16.5. The number of nitro groups is 1. The van der Waals surface area contributed by atoms with Gasteiger partial charge in [-0.1, -0.05) is 53.8 Å². The van der Waals surface area contributed by atoms with Crippen LogP contribution in [0.15, 0.2) is 82.1 Å². The maximum absolute atomic E-state index is 13.8. The number of aromatic hydroxyl groups is 1. The molecule has 1 aliphatic carbocycles. The van der Waals surface area contributed by atoms with Gasteiger partial charge in [-0.2, -0.15) is 0 Å². The lowest BCUT2D eigenvalue weighted by molar-refractivity contribution is -0.385. The zero-order chi connectivity index (χ0) is 25.7. The van der Waals surface area contributed by atoms with Gasteiger partial charge in [-0.05, 0) is 59.4 Å². The molecule has 37 heavy (non-hydrogen) atoms. The molecule has 1 aromatic heterocycles. The third kappa shape index (κ3) is 3.84. The first kappa shape index (κ1) is 22.9. The Balaban J connectivity index is 1.60. The molecule has 0 saturated heterocycles. The number of nitrogens with zero attached hydrogens (tertiary/aromatic N) is 3. The Morgan fingerprint density at radius 3 is 2.78 bits per heavy atom. The Labute approximate surface area is 214 Å². The van der Waals surface area contributed by atoms with Gasteiger partial charge in [-0.3, -0.25) is 19.5 Å². The van der Waals surface area contributed by atoms with Gasteiger partial charge in [0.15, 0.2) is 10.6 Å². The number of fused-ring (bicyclic) bond motifs is 3. The zero-order valence-corrected chi connectivity index (χ0v) is 20.6. The fourth-order valence-corrected chi connectivity index (χ4v) is 6.06. The molecule has 1 atom stereocenters. The van der Waals surface area contributed by atoms with Crippen LogP contribution in [0.2, 0.25) is 0 Å². The molecule has 1 unspecified atom stereocenters. The fraction of sp³-hybridized carbons (Fsp3) is 0.143. The molecule has 8 nitrogen and oxygen atoms in total. The van der Waals surface area contributed by atoms with Crippen LogP contribution in [0.5, 0.6) is 11.5 Å². The molecule has 4 aromatic rings. The summed E-state index contributed by atoms with van der Waals surface area (Å²) in [6, 6.07) is 19.6. The summed E-state index contributed by atoms with van der Waals surface area (Å²) in [5, 5.41) is 21.1. The number of nitro benzene ring substituents is 1. The highest BCUT2D eigenvalue weighted by molar-refractivity contribution is 7.07. The molecule has 184 valence electrons. The lowest BCUT2D eigenvalue weighted by Gasteiger charge is -2.31. The summed E-state index contributed by atoms with van der Waals surface area (Å²) in [4.78, 5) is 30.0. The number of aryl methyl sites for hydroxylation is 1. The lowest BCUT2D eigenvalue weighted by atomic mass is 9.83. The number of rotatable bonds is 4. The number of phenolic OH excluding ortho intramolecular Hbond substituents is 1. The highest BCUT2D eigenvalue weighted by Gasteiger charge is 2.32. The van der Waals surface area contributed by atoms with E-state index in [0.29, 0.717) is 20.6 Å². The molecule has 0 fully saturated rings. The van der Waals surface area contributed by atoms with Gasteiger partial charge in [0.1, 0.15) is 5.75 Å². The summed E-state index contributed by atoms with van der Waals surface area (Å²) in [6.45, 7) is 0. The third-order valence-electron chi connectivity index (χ3n) is 6.78. The van der Waals surface area contributed by atoms with E-state index in [1.54, 1.807) is 23.8 Å². The Hall–Kier alpha value is -4.50. The first-order valence-corrected chi connectivity index (χ1v) is 12.5. The predicted octanol–water partition coefficient (Wildman–Crippen LogP) is 3.94. The molecule has 3 aromatic carbocycles. The second-order valence-electron chi connectivity index (χ2n) is 8.90. The van der Waals surface area contributed by atoms with E-state index in [4.69, 9.17) is 9.73 Å². The van der Waals surface area contributed by atoms with Crippen molar-refractivity contribution in [1.29, 1.82) is 0 Å². The molecular weight excluding hydrogens is 490 g/mol. The fourth-order valence-electron chi connectivity index (χ4n) is 5.06. The molecule has 0 spiro atoms. The number of thiazole rings is 1. The topological polar surface area (TPSA) is 107 Å². The smallest absolute Gasteiger partial charge is 0.311 e. The Kier molecular flexibility index (Phi) is 5.49. The number of aromatic nitrogens is 1. The molecular formula is C28H21N3O5S. The number of allylic oxidation sites excluding steroid dienone is 1. The highest BCUT2D eigenvalue weighted by atomic mass is 32.1. The van der Waals surface area contributed by atoms with E-state index in [1.807, 2.05) is 36.4 Å². The first-order chi connectivity index (χ1) is 17.9. The van der Waals surface area contributed by atoms with Gasteiger partial charge in [0, 0.05) is 11.6 Å². The lowest BCUT2D eigenvalue weighted by Crippen LogP contribution is -2.38. The van der Waals surface area contributed by atoms with Crippen molar-refractivity contribution in [1.82, 2.24) is 4.57 Å². The van der Waals surface area contributed by atoms with Gasteiger partial charge in [0.25, 0.3) is 5.56 Å². The van der Waals surface area contributed by atoms with Gasteiger partial charge in [0.2, 0.25) is 0 Å². The van der Waals surface area contributed by atoms with Gasteiger partial charge < -0.3 is 9.84 Å². The van der Waals surface area contributed by atoms with E-state index in [2.05, 4.69) is 12.1 Å². The minimum absolute atomic E-state index is 0.224. The molecule has 6 rings (SSSR count). The minimum Gasteiger partial charge on any atom is -0.502 e. The summed E-state index contributed by atoms with van der Waals surface area (Å²) < 4.78 is 7.59. The summed E-state index contributed by atoms with van der Waals surface area (Å²) in [5.74, 6) is 0.277. The van der Waals surface area contributed by atoms with E-state index < -0.39 is 16.4 Å². The third-order valence-corrected chi connectivity index (χ3v) is 7.76. The van der Waals surface area contributed by atoms with Crippen molar-refractivity contribution in [2.45, 2.75) is 18.9 Å². The second kappa shape index (κ2) is 8.86. The van der Waals surface area contributed by atoms with E-state index in [-0.39, 0.29) is 11.6 Å². The molecule has 1 aliphatic heterocycles. The average Bonchev–Trinajstić information content (AvgIpc) is 3.22. The van der Waals surface area contributed by atoms with Crippen LogP contribution >= 0.6 is 11.3 Å². The molecule has 0 bridgehead atoms. The minimum atomic E-state index is -0.650. The van der Waals surface area contributed by atoms with Crippen LogP contribution in [0.4, 0.5) is 5.69 Å². The van der Waals surface area contributed by atoms with Gasteiger partial charge >= 0.3 is 5.69 Å². The standard InChI is InChI=1S/C28H21N3O5S/c1-36-19-7-4-6-18(15-19)26-21-11-10-17-5-2-3-8-20(17)25(21)29-28-30(26)27(33)24(37-28)14-16-9-12-23(32)22(13-16)31(34)35/h2-9,12-15,26,32H,10-11H2,1H3. The van der Waals surface area contributed by atoms with Gasteiger partial charge in [-0.25, -0.2) is 4.99 Å². The SMILES string of the molecule is COc1cccc(C2C3=C(N=c4sc(=Cc5ccc(O)c([N+](=O)[O-])c5)c(=O)n42)c2ccccc2CC3)c1. The summed E-state index contributed by atoms with van der Waals surface area (Å²) in [5.41, 5.74) is 5.00. The average molecular weight is 512 g/mol. The number of benzene rings is 3. The van der Waals surface area contributed by atoms with Crippen molar-refractivity contribution in [3.63, 3.8) is 0 Å². The van der Waals surface area contributed by atoms with Crippen molar-refractivity contribution < 1.29 is 14.8 Å². The molecule has 0 radical (unpaired) electrons. The van der Waals surface area contributed by atoms with Crippen molar-refractivity contribution >= 4 is 28.8 Å². The maximum Gasteiger partial charge on any atom is 0.311 e. The van der Waals surface area contributed by atoms with Crippen molar-refractivity contribution in [3.05, 3.63) is 124 Å². The molecule has 2 heterocycles. The zero-order valence-electron chi connectivity index (χ0n) is 19.7. The van der Waals surface area contributed by atoms with Crippen molar-refractivity contribution in [2.75, 3.05) is 7.11 Å². The molecule has 0 saturated carbocycles. The second-order valence-corrected chi connectivity index (χ2v) is 9.90. The monoisotopic (exact) mass is 511 g/mol. The first-order valence-electron chi connectivity index (χ1n) is 11.7. The van der Waals surface area contributed by atoms with E-state index >= 15 is 0 Å². The quantitative estimate of drug-likeness (QED) is 0.330. The van der Waals surface area contributed by atoms with E-state index in [1.165, 1.54) is 29.0 Å². The van der Waals surface area contributed by atoms with Gasteiger partial charge in [0.05, 0.1) is 28.3 Å². The molecule has 9 heteroatoms. The summed E-state index contributed by atoms with van der Waals surface area (Å²) in [6.07, 6.45) is 3.23. The predicted molar refractivity (Wildman–Crippen MR) is 141 cm³/mol. The van der Waals surface area contributed by atoms with Crippen LogP contribution in [-0.4, -0.2) is 21.7 Å². The Morgan fingerprint density at radius 1 is 1.14 bits per heavy atom. The number of hydrogen-bond donors (Lipinski definition) is 1. The summed E-state index contributed by atoms with van der Waals surface area (Å²) >= 11 is 1.24. The Morgan fingerprint density at radius 2 is 1.97 bits per heavy atom. The van der Waals surface area contributed by atoms with Gasteiger partial charge in [-0.15, -0.1) is 0 Å². The number of hydrogen-bond acceptors (Lipinski definition) is 7. The van der Waals surface area contributed by atoms with Crippen molar-refractivity contribution in [2.24, 2.45) is 4.99 Å². The maximum atomic E-state index is 13.8. The van der Waals surface area contributed by atoms with Crippen LogP contribution in [0.25, 0.3) is 11.8 Å². The van der Waals surface area contributed by atoms with Crippen LogP contribution in [0.1, 0.15) is 34.7 Å². The van der Waals surface area contributed by atoms with Crippen LogP contribution in [0.3, 0.4) is 0 Å². The van der Waals surface area contributed by atoms with E-state index in [9.17, 15) is 20.0 Å². The van der Waals surface area contributed by atoms with Crippen LogP contribution < -0.4 is 19.6 Å². The number of phenols is 1. The number of ether oxygens (including phenoxy) is 1. The molecule has 1 N–H and O–H groups in total. The largest absolute Gasteiger partial charge is 0.502 e. The summed E-state index contributed by atoms with van der Waals surface area (Å²) in [7, 11) is 1.61. The van der Waals surface area contributed by atoms with Crippen LogP contribution in [0, 0.1) is 10.1 Å². The number of methoxy groups -OCH3 is 1. The van der Waals surface area contributed by atoms with Crippen LogP contribution in [-0.2, 0) is 6.42 Å². The molecule has 2 aliphatic rings. The highest BCUT2D eigenvalue weighted by Crippen LogP contribution is 2.41. The Bertz CT molecular complexity index is 1800. The van der Waals surface area contributed by atoms with Crippen molar-refractivity contribution in [3.8, 4) is 11.5 Å². The van der Waals surface area contributed by atoms with E-state index in [0.717, 1.165) is 35.2 Å². The molecule has 0 amide bonds.